The molecule has 2 aromatic rings. The molecule has 0 atom stereocenters. The number of ether oxygens (including phenoxy) is 1. The third kappa shape index (κ3) is 2.31. The van der Waals surface area contributed by atoms with Crippen LogP contribution in [0.15, 0.2) is 24.5 Å². The maximum Gasteiger partial charge on any atom is 0.121 e. The first-order valence-electron chi connectivity index (χ1n) is 6.52. The third-order valence-corrected chi connectivity index (χ3v) is 3.65. The van der Waals surface area contributed by atoms with Crippen molar-refractivity contribution in [3.8, 4) is 5.75 Å². The smallest absolute Gasteiger partial charge is 0.121 e. The Kier molecular flexibility index (Phi) is 2.95. The lowest BCUT2D eigenvalue weighted by Crippen LogP contribution is -2.41. The van der Waals surface area contributed by atoms with E-state index in [1.165, 1.54) is 0 Å². The molecule has 0 bridgehead atoms. The fourth-order valence-electron chi connectivity index (χ4n) is 2.71. The van der Waals surface area contributed by atoms with E-state index in [2.05, 4.69) is 9.55 Å². The summed E-state index contributed by atoms with van der Waals surface area (Å²) >= 11 is 0. The van der Waals surface area contributed by atoms with Gasteiger partial charge in [0.2, 0.25) is 0 Å². The van der Waals surface area contributed by atoms with E-state index in [4.69, 9.17) is 9.84 Å². The van der Waals surface area contributed by atoms with Gasteiger partial charge in [-0.15, -0.1) is 0 Å². The number of hydrogen-bond donors (Lipinski definition) is 2. The molecule has 1 aliphatic carbocycles. The minimum absolute atomic E-state index is 0.00361. The Morgan fingerprint density at radius 3 is 2.95 bits per heavy atom. The molecule has 19 heavy (non-hydrogen) atoms. The minimum atomic E-state index is -0.536. The standard InChI is InChI=1S/C14H18N2O3/c1-14(18)7-10(8-14)16-9-15-12-6-11(19-5-4-17)2-3-13(12)16/h2-3,6,9-10,17-18H,4-5,7-8H2,1H3. The van der Waals surface area contributed by atoms with Crippen molar-refractivity contribution in [3.05, 3.63) is 24.5 Å². The van der Waals surface area contributed by atoms with Crippen LogP contribution in [0.3, 0.4) is 0 Å². The van der Waals surface area contributed by atoms with Gasteiger partial charge in [-0.05, 0) is 31.9 Å². The Morgan fingerprint density at radius 1 is 1.47 bits per heavy atom. The molecule has 0 amide bonds. The quantitative estimate of drug-likeness (QED) is 0.876. The van der Waals surface area contributed by atoms with E-state index < -0.39 is 5.60 Å². The lowest BCUT2D eigenvalue weighted by atomic mass is 9.77. The molecule has 1 aliphatic rings. The van der Waals surface area contributed by atoms with Crippen LogP contribution >= 0.6 is 0 Å². The molecule has 0 spiro atoms. The van der Waals surface area contributed by atoms with E-state index >= 15 is 0 Å². The Hall–Kier alpha value is -1.59. The molecule has 1 heterocycles. The maximum absolute atomic E-state index is 9.82. The molecule has 0 radical (unpaired) electrons. The Balaban J connectivity index is 1.84. The van der Waals surface area contributed by atoms with Crippen molar-refractivity contribution in [3.63, 3.8) is 0 Å². The second-order valence-corrected chi connectivity index (χ2v) is 5.43. The van der Waals surface area contributed by atoms with Crippen LogP contribution in [0.4, 0.5) is 0 Å². The molecule has 0 saturated heterocycles. The first-order chi connectivity index (χ1) is 9.09. The molecule has 5 nitrogen and oxygen atoms in total. The molecule has 0 unspecified atom stereocenters. The molecule has 1 fully saturated rings. The first-order valence-corrected chi connectivity index (χ1v) is 6.52. The SMILES string of the molecule is CC1(O)CC(n2cnc3cc(OCCO)ccc32)C1. The number of aliphatic hydroxyl groups is 2. The lowest BCUT2D eigenvalue weighted by molar-refractivity contribution is -0.0498. The first kappa shape index (κ1) is 12.4. The summed E-state index contributed by atoms with van der Waals surface area (Å²) in [4.78, 5) is 4.38. The number of imidazole rings is 1. The van der Waals surface area contributed by atoms with Gasteiger partial charge in [0.15, 0.2) is 0 Å². The van der Waals surface area contributed by atoms with Gasteiger partial charge in [-0.25, -0.2) is 4.98 Å². The highest BCUT2D eigenvalue weighted by atomic mass is 16.5. The van der Waals surface area contributed by atoms with Crippen molar-refractivity contribution in [2.45, 2.75) is 31.4 Å². The minimum Gasteiger partial charge on any atom is -0.491 e. The second kappa shape index (κ2) is 4.51. The molecule has 0 aliphatic heterocycles. The van der Waals surface area contributed by atoms with Gasteiger partial charge < -0.3 is 19.5 Å². The number of fused-ring (bicyclic) bond motifs is 1. The van der Waals surface area contributed by atoms with E-state index in [1.807, 2.05) is 31.5 Å². The van der Waals surface area contributed by atoms with E-state index in [1.54, 1.807) is 0 Å². The zero-order valence-corrected chi connectivity index (χ0v) is 10.9. The van der Waals surface area contributed by atoms with Gasteiger partial charge in [0.1, 0.15) is 12.4 Å². The molecule has 1 aromatic heterocycles. The van der Waals surface area contributed by atoms with E-state index in [9.17, 15) is 5.11 Å². The number of rotatable bonds is 4. The fraction of sp³-hybridized carbons (Fsp3) is 0.500. The summed E-state index contributed by atoms with van der Waals surface area (Å²) in [5.41, 5.74) is 1.39. The highest BCUT2D eigenvalue weighted by Crippen LogP contribution is 2.42. The normalized spacial score (nSPS) is 26.4. The predicted molar refractivity (Wildman–Crippen MR) is 71.2 cm³/mol. The number of hydrogen-bond acceptors (Lipinski definition) is 4. The van der Waals surface area contributed by atoms with Crippen molar-refractivity contribution in [2.75, 3.05) is 13.2 Å². The summed E-state index contributed by atoms with van der Waals surface area (Å²) < 4.78 is 7.48. The molecular formula is C14H18N2O3. The summed E-state index contributed by atoms with van der Waals surface area (Å²) in [7, 11) is 0. The van der Waals surface area contributed by atoms with Gasteiger partial charge >= 0.3 is 0 Å². The van der Waals surface area contributed by atoms with Gasteiger partial charge in [0.25, 0.3) is 0 Å². The van der Waals surface area contributed by atoms with Crippen LogP contribution in [0, 0.1) is 0 Å². The van der Waals surface area contributed by atoms with Crippen LogP contribution in [0.2, 0.25) is 0 Å². The van der Waals surface area contributed by atoms with Gasteiger partial charge in [0.05, 0.1) is 29.6 Å². The van der Waals surface area contributed by atoms with Crippen molar-refractivity contribution >= 4 is 11.0 Å². The Morgan fingerprint density at radius 2 is 2.26 bits per heavy atom. The number of benzene rings is 1. The van der Waals surface area contributed by atoms with Gasteiger partial charge in [-0.2, -0.15) is 0 Å². The monoisotopic (exact) mass is 262 g/mol. The van der Waals surface area contributed by atoms with Gasteiger partial charge in [-0.1, -0.05) is 0 Å². The summed E-state index contributed by atoms with van der Waals surface area (Å²) in [6, 6.07) is 6.05. The van der Waals surface area contributed by atoms with Crippen molar-refractivity contribution < 1.29 is 14.9 Å². The Bertz CT molecular complexity index is 583. The van der Waals surface area contributed by atoms with Gasteiger partial charge in [0, 0.05) is 12.1 Å². The highest BCUT2D eigenvalue weighted by Gasteiger charge is 2.39. The third-order valence-electron chi connectivity index (χ3n) is 3.65. The maximum atomic E-state index is 9.82. The number of nitrogens with zero attached hydrogens (tertiary/aromatic N) is 2. The topological polar surface area (TPSA) is 67.5 Å². The zero-order valence-electron chi connectivity index (χ0n) is 10.9. The van der Waals surface area contributed by atoms with E-state index in [0.29, 0.717) is 11.8 Å². The fourth-order valence-corrected chi connectivity index (χ4v) is 2.71. The zero-order chi connectivity index (χ0) is 13.5. The molecule has 102 valence electrons. The number of aliphatic hydroxyl groups excluding tert-OH is 1. The lowest BCUT2D eigenvalue weighted by Gasteiger charge is -2.41. The van der Waals surface area contributed by atoms with Crippen LogP contribution < -0.4 is 4.74 Å². The summed E-state index contributed by atoms with van der Waals surface area (Å²) in [5.74, 6) is 0.715. The van der Waals surface area contributed by atoms with Gasteiger partial charge in [-0.3, -0.25) is 0 Å². The second-order valence-electron chi connectivity index (χ2n) is 5.43. The van der Waals surface area contributed by atoms with Crippen molar-refractivity contribution in [1.29, 1.82) is 0 Å². The van der Waals surface area contributed by atoms with Crippen LogP contribution in [0.25, 0.3) is 11.0 Å². The van der Waals surface area contributed by atoms with Crippen LogP contribution in [0.5, 0.6) is 5.75 Å². The highest BCUT2D eigenvalue weighted by molar-refractivity contribution is 5.77. The summed E-state index contributed by atoms with van der Waals surface area (Å²) in [5, 5.41) is 18.6. The summed E-state index contributed by atoms with van der Waals surface area (Å²) in [6.07, 6.45) is 3.35. The average Bonchev–Trinajstić information content (AvgIpc) is 2.76. The average molecular weight is 262 g/mol. The predicted octanol–water partition coefficient (Wildman–Crippen LogP) is 1.49. The van der Waals surface area contributed by atoms with Crippen LogP contribution in [-0.4, -0.2) is 38.6 Å². The number of aromatic nitrogens is 2. The van der Waals surface area contributed by atoms with E-state index in [-0.39, 0.29) is 13.2 Å². The van der Waals surface area contributed by atoms with Crippen LogP contribution in [0.1, 0.15) is 25.8 Å². The summed E-state index contributed by atoms with van der Waals surface area (Å²) in [6.45, 7) is 2.16. The van der Waals surface area contributed by atoms with Crippen molar-refractivity contribution in [1.82, 2.24) is 9.55 Å². The van der Waals surface area contributed by atoms with E-state index in [0.717, 1.165) is 23.9 Å². The molecular weight excluding hydrogens is 244 g/mol. The molecule has 3 rings (SSSR count). The molecule has 2 N–H and O–H groups in total. The molecule has 5 heteroatoms. The largest absolute Gasteiger partial charge is 0.491 e. The van der Waals surface area contributed by atoms with Crippen molar-refractivity contribution in [2.24, 2.45) is 0 Å². The van der Waals surface area contributed by atoms with Crippen LogP contribution in [-0.2, 0) is 0 Å². The Labute approximate surface area is 111 Å². The molecule has 1 saturated carbocycles. The molecule has 1 aromatic carbocycles.